The molecule has 1 fully saturated rings. The minimum Gasteiger partial charge on any atom is -0.393 e. The van der Waals surface area contributed by atoms with Crippen molar-refractivity contribution in [1.82, 2.24) is 4.98 Å². The van der Waals surface area contributed by atoms with E-state index in [9.17, 15) is 19.1 Å². The average molecular weight is 459 g/mol. The Morgan fingerprint density at radius 3 is 2.71 bits per heavy atom. The third kappa shape index (κ3) is 3.99. The summed E-state index contributed by atoms with van der Waals surface area (Å²) in [6.45, 7) is 3.89. The minimum absolute atomic E-state index is 0.0909. The topological polar surface area (TPSA) is 82.2 Å². The molecule has 0 radical (unpaired) electrons. The molecule has 0 bridgehead atoms. The van der Waals surface area contributed by atoms with Crippen molar-refractivity contribution < 1.29 is 19.1 Å². The first-order valence-electron chi connectivity index (χ1n) is 11.6. The molecule has 1 unspecified atom stereocenters. The van der Waals surface area contributed by atoms with Crippen molar-refractivity contribution in [3.8, 4) is 11.1 Å². The van der Waals surface area contributed by atoms with Crippen molar-refractivity contribution in [3.05, 3.63) is 76.4 Å². The zero-order valence-electron chi connectivity index (χ0n) is 19.2. The fourth-order valence-electron chi connectivity index (χ4n) is 5.22. The van der Waals surface area contributed by atoms with Gasteiger partial charge in [-0.3, -0.25) is 9.59 Å². The van der Waals surface area contributed by atoms with Crippen LogP contribution in [-0.2, 0) is 16.0 Å². The Hall–Kier alpha value is -3.51. The van der Waals surface area contributed by atoms with Crippen molar-refractivity contribution >= 4 is 29.0 Å². The molecule has 1 aliphatic heterocycles. The number of Topliss-reactive ketones (excluding diaryl/α,β-unsaturated/α-hetero) is 1. The number of halogens is 1. The van der Waals surface area contributed by atoms with Crippen molar-refractivity contribution in [2.24, 2.45) is 5.92 Å². The zero-order chi connectivity index (χ0) is 24.0. The number of aromatic nitrogens is 1. The average Bonchev–Trinajstić information content (AvgIpc) is 3.46. The maximum atomic E-state index is 13.9. The summed E-state index contributed by atoms with van der Waals surface area (Å²) >= 11 is 0. The van der Waals surface area contributed by atoms with Gasteiger partial charge in [0, 0.05) is 35.0 Å². The Morgan fingerprint density at radius 2 is 1.97 bits per heavy atom. The van der Waals surface area contributed by atoms with Gasteiger partial charge in [0.25, 0.3) is 5.91 Å². The Balaban J connectivity index is 1.52. The highest BCUT2D eigenvalue weighted by Gasteiger charge is 2.30. The first kappa shape index (κ1) is 22.3. The molecule has 1 amide bonds. The van der Waals surface area contributed by atoms with Gasteiger partial charge >= 0.3 is 0 Å². The summed E-state index contributed by atoms with van der Waals surface area (Å²) in [6.07, 6.45) is 3.71. The van der Waals surface area contributed by atoms with E-state index in [0.29, 0.717) is 36.1 Å². The normalized spacial score (nSPS) is 20.6. The number of benzene rings is 2. The van der Waals surface area contributed by atoms with E-state index in [4.69, 9.17) is 0 Å². The van der Waals surface area contributed by atoms with Crippen LogP contribution in [0.2, 0.25) is 0 Å². The van der Waals surface area contributed by atoms with Crippen LogP contribution in [0.3, 0.4) is 0 Å². The number of nitrogens with one attached hydrogen (secondary N) is 2. The first-order valence-corrected chi connectivity index (χ1v) is 11.6. The molecular formula is C28H27FN2O3. The van der Waals surface area contributed by atoms with Gasteiger partial charge in [0.1, 0.15) is 11.6 Å². The van der Waals surface area contributed by atoms with E-state index in [2.05, 4.69) is 10.3 Å². The molecule has 3 N–H and O–H groups in total. The van der Waals surface area contributed by atoms with Crippen molar-refractivity contribution in [3.63, 3.8) is 0 Å². The lowest BCUT2D eigenvalue weighted by molar-refractivity contribution is -0.122. The molecule has 6 heteroatoms. The molecule has 0 spiro atoms. The zero-order valence-corrected chi connectivity index (χ0v) is 19.2. The van der Waals surface area contributed by atoms with Crippen molar-refractivity contribution in [1.29, 1.82) is 0 Å². The van der Waals surface area contributed by atoms with Gasteiger partial charge < -0.3 is 15.4 Å². The molecule has 2 atom stereocenters. The highest BCUT2D eigenvalue weighted by atomic mass is 19.1. The molecule has 5 nitrogen and oxygen atoms in total. The van der Waals surface area contributed by atoms with Crippen LogP contribution in [0.4, 0.5) is 10.1 Å². The van der Waals surface area contributed by atoms with Crippen LogP contribution in [-0.4, -0.2) is 27.9 Å². The molecule has 1 aromatic heterocycles. The van der Waals surface area contributed by atoms with Gasteiger partial charge in [-0.1, -0.05) is 24.3 Å². The smallest absolute Gasteiger partial charge is 0.256 e. The summed E-state index contributed by atoms with van der Waals surface area (Å²) in [5.74, 6) is -0.494. The third-order valence-corrected chi connectivity index (χ3v) is 7.09. The molecule has 1 aliphatic carbocycles. The summed E-state index contributed by atoms with van der Waals surface area (Å²) in [5, 5.41) is 12.7. The number of fused-ring (bicyclic) bond motifs is 1. The Labute approximate surface area is 197 Å². The summed E-state index contributed by atoms with van der Waals surface area (Å²) in [4.78, 5) is 29.1. The second kappa shape index (κ2) is 8.69. The Morgan fingerprint density at radius 1 is 1.18 bits per heavy atom. The molecule has 2 aromatic carbocycles. The number of H-pyrrole nitrogens is 1. The van der Waals surface area contributed by atoms with Gasteiger partial charge in [0.2, 0.25) is 0 Å². The number of ketones is 1. The predicted octanol–water partition coefficient (Wildman–Crippen LogP) is 5.20. The van der Waals surface area contributed by atoms with E-state index < -0.39 is 0 Å². The number of hydrogen-bond acceptors (Lipinski definition) is 3. The van der Waals surface area contributed by atoms with E-state index in [1.54, 1.807) is 6.07 Å². The van der Waals surface area contributed by atoms with Gasteiger partial charge in [-0.05, 0) is 79.6 Å². The number of hydrogen-bond donors (Lipinski definition) is 3. The monoisotopic (exact) mass is 458 g/mol. The van der Waals surface area contributed by atoms with Crippen LogP contribution in [0.1, 0.15) is 47.3 Å². The van der Waals surface area contributed by atoms with E-state index >= 15 is 0 Å². The number of aliphatic hydroxyl groups excluding tert-OH is 1. The predicted molar refractivity (Wildman–Crippen MR) is 131 cm³/mol. The van der Waals surface area contributed by atoms with Crippen molar-refractivity contribution in [2.75, 3.05) is 5.32 Å². The number of carbonyl (C=O) groups is 2. The van der Waals surface area contributed by atoms with Gasteiger partial charge in [-0.15, -0.1) is 0 Å². The van der Waals surface area contributed by atoms with Crippen LogP contribution in [0.5, 0.6) is 0 Å². The fourth-order valence-corrected chi connectivity index (χ4v) is 5.22. The number of amides is 1. The largest absolute Gasteiger partial charge is 0.393 e. The SMILES string of the molecule is Cc1[nH]c(C=C2C(=O)Nc3cccc(-c4cccc(F)c4)c32)c(C)c1CC(=O)C1CC[C@H](O)C1. The molecule has 5 rings (SSSR count). The van der Waals surface area contributed by atoms with Crippen LogP contribution < -0.4 is 5.32 Å². The maximum absolute atomic E-state index is 13.9. The van der Waals surface area contributed by atoms with Gasteiger partial charge in [-0.2, -0.15) is 0 Å². The molecule has 34 heavy (non-hydrogen) atoms. The maximum Gasteiger partial charge on any atom is 0.256 e. The highest BCUT2D eigenvalue weighted by molar-refractivity contribution is 6.36. The van der Waals surface area contributed by atoms with Crippen LogP contribution >= 0.6 is 0 Å². The Bertz CT molecular complexity index is 1340. The summed E-state index contributed by atoms with van der Waals surface area (Å²) in [7, 11) is 0. The fraction of sp³-hybridized carbons (Fsp3) is 0.286. The van der Waals surface area contributed by atoms with Gasteiger partial charge in [0.05, 0.1) is 11.7 Å². The standard InChI is InChI=1S/C28H27FN2O3/c1-15-22(14-26(33)18-9-10-20(32)12-18)16(2)30-25(15)13-23-27-21(17-5-3-6-19(29)11-17)7-4-8-24(27)31-28(23)34/h3-8,11,13,18,20,30,32H,9-10,12,14H2,1-2H3,(H,31,34)/t18?,20-/m0/s1. The van der Waals surface area contributed by atoms with Gasteiger partial charge in [-0.25, -0.2) is 4.39 Å². The van der Waals surface area contributed by atoms with E-state index in [-0.39, 0.29) is 29.5 Å². The van der Waals surface area contributed by atoms with Crippen LogP contribution in [0.25, 0.3) is 22.8 Å². The molecule has 174 valence electrons. The summed E-state index contributed by atoms with van der Waals surface area (Å²) < 4.78 is 13.9. The minimum atomic E-state index is -0.379. The Kier molecular flexibility index (Phi) is 5.70. The number of anilines is 1. The molecular weight excluding hydrogens is 431 g/mol. The van der Waals surface area contributed by atoms with E-state index in [0.717, 1.165) is 40.1 Å². The summed E-state index contributed by atoms with van der Waals surface area (Å²) in [6, 6.07) is 11.9. The molecule has 2 aliphatic rings. The van der Waals surface area contributed by atoms with E-state index in [1.165, 1.54) is 12.1 Å². The van der Waals surface area contributed by atoms with Crippen molar-refractivity contribution in [2.45, 2.75) is 45.6 Å². The van der Waals surface area contributed by atoms with Crippen LogP contribution in [0, 0.1) is 25.6 Å². The van der Waals surface area contributed by atoms with E-state index in [1.807, 2.05) is 44.2 Å². The van der Waals surface area contributed by atoms with Gasteiger partial charge in [0.15, 0.2) is 0 Å². The third-order valence-electron chi connectivity index (χ3n) is 7.09. The number of aryl methyl sites for hydroxylation is 1. The lowest BCUT2D eigenvalue weighted by Crippen LogP contribution is -2.15. The second-order valence-electron chi connectivity index (χ2n) is 9.32. The second-order valence-corrected chi connectivity index (χ2v) is 9.32. The highest BCUT2D eigenvalue weighted by Crippen LogP contribution is 2.41. The molecule has 0 saturated heterocycles. The number of carbonyl (C=O) groups excluding carboxylic acids is 2. The quantitative estimate of drug-likeness (QED) is 0.460. The molecule has 3 aromatic rings. The molecule has 2 heterocycles. The van der Waals surface area contributed by atoms with Crippen LogP contribution in [0.15, 0.2) is 42.5 Å². The summed E-state index contributed by atoms with van der Waals surface area (Å²) in [5.41, 5.74) is 6.94. The number of aromatic amines is 1. The first-order chi connectivity index (χ1) is 16.3. The number of rotatable bonds is 5. The number of aliphatic hydroxyl groups is 1. The molecule has 1 saturated carbocycles. The lowest BCUT2D eigenvalue weighted by Gasteiger charge is -2.09. The lowest BCUT2D eigenvalue weighted by atomic mass is 9.93.